The van der Waals surface area contributed by atoms with E-state index in [1.807, 2.05) is 33.1 Å². The highest BCUT2D eigenvalue weighted by molar-refractivity contribution is 7.98. The molecule has 252 valence electrons. The SMILES string of the molecule is CC[C@H](C)[C@H](NC(=O)[C@H](Cc1ccccc1)NC(=O)[C@H](C)NC(=O)[C@H](CCSC)NC(=O)[C@@H](N)CC(C)C)C(=O)NCC(=O)O. The number of amides is 5. The number of carboxylic acid groups (broad SMARTS) is 1. The first-order chi connectivity index (χ1) is 21.2. The molecule has 1 aromatic rings. The van der Waals surface area contributed by atoms with Gasteiger partial charge in [-0.3, -0.25) is 28.8 Å². The second kappa shape index (κ2) is 20.4. The van der Waals surface area contributed by atoms with Gasteiger partial charge in [0.25, 0.3) is 0 Å². The van der Waals surface area contributed by atoms with Gasteiger partial charge in [-0.2, -0.15) is 11.8 Å². The molecule has 0 unspecified atom stereocenters. The second-order valence-electron chi connectivity index (χ2n) is 11.5. The zero-order valence-corrected chi connectivity index (χ0v) is 27.9. The monoisotopic (exact) mass is 650 g/mol. The number of carbonyl (C=O) groups excluding carboxylic acids is 5. The Kier molecular flexibility index (Phi) is 17.8. The van der Waals surface area contributed by atoms with Gasteiger partial charge in [0, 0.05) is 6.42 Å². The molecule has 0 bridgehead atoms. The van der Waals surface area contributed by atoms with Crippen LogP contribution in [0.5, 0.6) is 0 Å². The molecule has 0 fully saturated rings. The fraction of sp³-hybridized carbons (Fsp3) is 0.613. The number of rotatable bonds is 20. The summed E-state index contributed by atoms with van der Waals surface area (Å²) in [5.41, 5.74) is 6.74. The number of carbonyl (C=O) groups is 6. The molecule has 0 saturated heterocycles. The Morgan fingerprint density at radius 3 is 1.98 bits per heavy atom. The number of benzene rings is 1. The Bertz CT molecular complexity index is 1140. The van der Waals surface area contributed by atoms with Gasteiger partial charge in [-0.05, 0) is 49.2 Å². The van der Waals surface area contributed by atoms with Crippen molar-refractivity contribution in [2.45, 2.75) is 90.5 Å². The minimum Gasteiger partial charge on any atom is -0.480 e. The Labute approximate surface area is 270 Å². The summed E-state index contributed by atoms with van der Waals surface area (Å²) in [5, 5.41) is 21.9. The van der Waals surface area contributed by atoms with E-state index in [0.29, 0.717) is 25.0 Å². The van der Waals surface area contributed by atoms with E-state index in [9.17, 15) is 28.8 Å². The molecule has 0 saturated carbocycles. The molecule has 0 heterocycles. The molecular formula is C31H50N6O7S. The number of aliphatic carboxylic acids is 1. The zero-order chi connectivity index (χ0) is 34.1. The highest BCUT2D eigenvalue weighted by atomic mass is 32.2. The van der Waals surface area contributed by atoms with Crippen LogP contribution >= 0.6 is 11.8 Å². The molecule has 1 rings (SSSR count). The number of nitrogens with two attached hydrogens (primary N) is 1. The van der Waals surface area contributed by atoms with Crippen LogP contribution in [-0.4, -0.2) is 89.4 Å². The molecule has 6 atom stereocenters. The standard InChI is InChI=1S/C31H50N6O7S/c1-7-19(4)26(31(44)33-17-25(38)39)37-30(43)24(16-21-11-9-8-10-12-21)36-27(40)20(5)34-29(42)23(13-14-45-6)35-28(41)22(32)15-18(2)3/h8-12,18-20,22-24,26H,7,13-17,32H2,1-6H3,(H,33,44)(H,34,42)(H,35,41)(H,36,40)(H,37,43)(H,38,39)/t19-,20-,22-,23-,24-,26-/m0/s1. The van der Waals surface area contributed by atoms with E-state index >= 15 is 0 Å². The van der Waals surface area contributed by atoms with E-state index < -0.39 is 72.3 Å². The van der Waals surface area contributed by atoms with Crippen molar-refractivity contribution in [3.05, 3.63) is 35.9 Å². The van der Waals surface area contributed by atoms with Gasteiger partial charge in [0.2, 0.25) is 29.5 Å². The highest BCUT2D eigenvalue weighted by Crippen LogP contribution is 2.11. The second-order valence-corrected chi connectivity index (χ2v) is 12.5. The molecule has 0 spiro atoms. The molecular weight excluding hydrogens is 600 g/mol. The molecule has 0 aliphatic carbocycles. The maximum absolute atomic E-state index is 13.5. The third-order valence-corrected chi connectivity index (χ3v) is 7.82. The predicted molar refractivity (Wildman–Crippen MR) is 174 cm³/mol. The largest absolute Gasteiger partial charge is 0.480 e. The van der Waals surface area contributed by atoms with Gasteiger partial charge in [0.15, 0.2) is 0 Å². The molecule has 14 heteroatoms. The van der Waals surface area contributed by atoms with Crippen LogP contribution in [0.25, 0.3) is 0 Å². The van der Waals surface area contributed by atoms with Gasteiger partial charge in [-0.25, -0.2) is 0 Å². The van der Waals surface area contributed by atoms with Crippen LogP contribution in [0.1, 0.15) is 59.4 Å². The van der Waals surface area contributed by atoms with Gasteiger partial charge >= 0.3 is 5.97 Å². The average molecular weight is 651 g/mol. The van der Waals surface area contributed by atoms with Crippen molar-refractivity contribution in [2.24, 2.45) is 17.6 Å². The van der Waals surface area contributed by atoms with Gasteiger partial charge in [-0.1, -0.05) is 64.4 Å². The van der Waals surface area contributed by atoms with Crippen LogP contribution < -0.4 is 32.3 Å². The van der Waals surface area contributed by atoms with Crippen LogP contribution in [0.3, 0.4) is 0 Å². The number of nitrogens with one attached hydrogen (secondary N) is 5. The number of hydrogen-bond donors (Lipinski definition) is 7. The van der Waals surface area contributed by atoms with Crippen LogP contribution in [0, 0.1) is 11.8 Å². The van der Waals surface area contributed by atoms with Crippen LogP contribution in [0.4, 0.5) is 0 Å². The lowest BCUT2D eigenvalue weighted by molar-refractivity contribution is -0.139. The van der Waals surface area contributed by atoms with Crippen molar-refractivity contribution in [1.82, 2.24) is 26.6 Å². The van der Waals surface area contributed by atoms with Crippen LogP contribution in [0.2, 0.25) is 0 Å². The summed E-state index contributed by atoms with van der Waals surface area (Å²) in [6.45, 7) is 8.31. The van der Waals surface area contributed by atoms with E-state index in [4.69, 9.17) is 10.8 Å². The third kappa shape index (κ3) is 14.8. The normalized spacial score (nSPS) is 15.0. The van der Waals surface area contributed by atoms with Crippen LogP contribution in [0.15, 0.2) is 30.3 Å². The van der Waals surface area contributed by atoms with Crippen molar-refractivity contribution in [2.75, 3.05) is 18.6 Å². The van der Waals surface area contributed by atoms with Crippen molar-refractivity contribution >= 4 is 47.3 Å². The maximum atomic E-state index is 13.5. The lowest BCUT2D eigenvalue weighted by Crippen LogP contribution is -2.59. The van der Waals surface area contributed by atoms with Crippen molar-refractivity contribution in [1.29, 1.82) is 0 Å². The zero-order valence-electron chi connectivity index (χ0n) is 27.1. The smallest absolute Gasteiger partial charge is 0.322 e. The molecule has 8 N–H and O–H groups in total. The first-order valence-corrected chi connectivity index (χ1v) is 16.6. The lowest BCUT2D eigenvalue weighted by Gasteiger charge is -2.27. The summed E-state index contributed by atoms with van der Waals surface area (Å²) in [7, 11) is 0. The Hall–Kier alpha value is -3.65. The summed E-state index contributed by atoms with van der Waals surface area (Å²) in [5.74, 6) is -3.77. The van der Waals surface area contributed by atoms with Gasteiger partial charge in [0.1, 0.15) is 30.7 Å². The summed E-state index contributed by atoms with van der Waals surface area (Å²) >= 11 is 1.50. The summed E-state index contributed by atoms with van der Waals surface area (Å²) in [6.07, 6.45) is 3.24. The Morgan fingerprint density at radius 2 is 1.42 bits per heavy atom. The maximum Gasteiger partial charge on any atom is 0.322 e. The van der Waals surface area contributed by atoms with Gasteiger partial charge < -0.3 is 37.4 Å². The molecule has 5 amide bonds. The van der Waals surface area contributed by atoms with E-state index in [2.05, 4.69) is 26.6 Å². The first-order valence-electron chi connectivity index (χ1n) is 15.2. The summed E-state index contributed by atoms with van der Waals surface area (Å²) in [6, 6.07) is 4.00. The van der Waals surface area contributed by atoms with E-state index in [0.717, 1.165) is 5.56 Å². The van der Waals surface area contributed by atoms with E-state index in [1.165, 1.54) is 18.7 Å². The fourth-order valence-electron chi connectivity index (χ4n) is 4.36. The Morgan fingerprint density at radius 1 is 0.822 bits per heavy atom. The molecule has 0 aliphatic heterocycles. The quantitative estimate of drug-likeness (QED) is 0.105. The predicted octanol–water partition coefficient (Wildman–Crippen LogP) is 0.562. The Balaban J connectivity index is 3.10. The van der Waals surface area contributed by atoms with Gasteiger partial charge in [-0.15, -0.1) is 0 Å². The third-order valence-electron chi connectivity index (χ3n) is 7.18. The molecule has 13 nitrogen and oxygen atoms in total. The highest BCUT2D eigenvalue weighted by Gasteiger charge is 2.32. The van der Waals surface area contributed by atoms with Crippen molar-refractivity contribution < 1.29 is 33.9 Å². The molecule has 45 heavy (non-hydrogen) atoms. The minimum atomic E-state index is -1.23. The average Bonchev–Trinajstić information content (AvgIpc) is 2.99. The van der Waals surface area contributed by atoms with Crippen LogP contribution in [-0.2, 0) is 35.2 Å². The molecule has 0 aliphatic rings. The fourth-order valence-corrected chi connectivity index (χ4v) is 4.83. The van der Waals surface area contributed by atoms with Crippen molar-refractivity contribution in [3.63, 3.8) is 0 Å². The lowest BCUT2D eigenvalue weighted by atomic mass is 9.97. The van der Waals surface area contributed by atoms with E-state index in [1.54, 1.807) is 31.2 Å². The minimum absolute atomic E-state index is 0.0865. The van der Waals surface area contributed by atoms with Crippen molar-refractivity contribution in [3.8, 4) is 0 Å². The number of carboxylic acids is 1. The number of hydrogen-bond acceptors (Lipinski definition) is 8. The number of thioether (sulfide) groups is 1. The summed E-state index contributed by atoms with van der Waals surface area (Å²) in [4.78, 5) is 76.4. The molecule has 0 aromatic heterocycles. The van der Waals surface area contributed by atoms with E-state index in [-0.39, 0.29) is 18.3 Å². The summed E-state index contributed by atoms with van der Waals surface area (Å²) < 4.78 is 0. The first kappa shape index (κ1) is 39.4. The molecule has 0 radical (unpaired) electrons. The molecule has 1 aromatic carbocycles. The topological polar surface area (TPSA) is 209 Å². The van der Waals surface area contributed by atoms with Gasteiger partial charge in [0.05, 0.1) is 6.04 Å².